The molecule has 0 spiro atoms. The van der Waals surface area contributed by atoms with E-state index in [0.29, 0.717) is 6.04 Å². The van der Waals surface area contributed by atoms with Gasteiger partial charge in [-0.2, -0.15) is 0 Å². The molecule has 0 aromatic heterocycles. The summed E-state index contributed by atoms with van der Waals surface area (Å²) in [5.41, 5.74) is 3.39. The van der Waals surface area contributed by atoms with E-state index < -0.39 is 0 Å². The molecular formula is C13H24N2. The van der Waals surface area contributed by atoms with Crippen LogP contribution in [0.3, 0.4) is 0 Å². The van der Waals surface area contributed by atoms with E-state index >= 15 is 0 Å². The van der Waals surface area contributed by atoms with Crippen LogP contribution >= 0.6 is 0 Å². The van der Waals surface area contributed by atoms with Crippen LogP contribution in [0.4, 0.5) is 0 Å². The van der Waals surface area contributed by atoms with Crippen molar-refractivity contribution in [3.63, 3.8) is 0 Å². The maximum Gasteiger partial charge on any atom is 0.0402 e. The number of nitrogens with one attached hydrogen (secondary N) is 1. The first kappa shape index (κ1) is 13.9. The van der Waals surface area contributed by atoms with Gasteiger partial charge in [0, 0.05) is 30.9 Å². The van der Waals surface area contributed by atoms with Gasteiger partial charge in [-0.15, -0.1) is 0 Å². The summed E-state index contributed by atoms with van der Waals surface area (Å²) in [6.45, 7) is 12.5. The zero-order valence-corrected chi connectivity index (χ0v) is 10.7. The number of hydrogen-bond acceptors (Lipinski definition) is 2. The summed E-state index contributed by atoms with van der Waals surface area (Å²) in [5, 5.41) is 3.36. The van der Waals surface area contributed by atoms with E-state index in [4.69, 9.17) is 0 Å². The van der Waals surface area contributed by atoms with Gasteiger partial charge in [0.1, 0.15) is 0 Å². The van der Waals surface area contributed by atoms with Crippen LogP contribution < -0.4 is 5.32 Å². The first-order valence-corrected chi connectivity index (χ1v) is 5.54. The third-order valence-corrected chi connectivity index (χ3v) is 2.20. The topological polar surface area (TPSA) is 24.4 Å². The number of rotatable bonds is 6. The number of allylic oxidation sites excluding steroid dienone is 3. The highest BCUT2D eigenvalue weighted by molar-refractivity contribution is 5.96. The van der Waals surface area contributed by atoms with Gasteiger partial charge in [0.2, 0.25) is 0 Å². The summed E-state index contributed by atoms with van der Waals surface area (Å²) in [6, 6.07) is 0.488. The molecule has 0 saturated carbocycles. The van der Waals surface area contributed by atoms with Crippen LogP contribution in [0.1, 0.15) is 40.5 Å². The van der Waals surface area contributed by atoms with Crippen LogP contribution in [0, 0.1) is 0 Å². The van der Waals surface area contributed by atoms with E-state index in [1.807, 2.05) is 7.05 Å². The lowest BCUT2D eigenvalue weighted by molar-refractivity contribution is 0.592. The van der Waals surface area contributed by atoms with Crippen molar-refractivity contribution >= 4 is 5.71 Å². The molecule has 0 aliphatic heterocycles. The van der Waals surface area contributed by atoms with Gasteiger partial charge in [-0.05, 0) is 33.3 Å². The molecule has 86 valence electrons. The Morgan fingerprint density at radius 1 is 1.47 bits per heavy atom. The highest BCUT2D eigenvalue weighted by Crippen LogP contribution is 2.03. The SMILES string of the molecule is C=C(CC(C=C(C)C)=NC)NC(C)CC. The molecule has 0 fully saturated rings. The first-order valence-electron chi connectivity index (χ1n) is 5.54. The average molecular weight is 208 g/mol. The van der Waals surface area contributed by atoms with Crippen molar-refractivity contribution in [3.8, 4) is 0 Å². The van der Waals surface area contributed by atoms with Crippen LogP contribution in [0.15, 0.2) is 28.9 Å². The third kappa shape index (κ3) is 6.95. The van der Waals surface area contributed by atoms with Crippen LogP contribution in [-0.2, 0) is 0 Å². The van der Waals surface area contributed by atoms with Gasteiger partial charge < -0.3 is 5.32 Å². The molecule has 0 heterocycles. The van der Waals surface area contributed by atoms with E-state index in [9.17, 15) is 0 Å². The Bertz CT molecular complexity index is 258. The Balaban J connectivity index is 4.21. The summed E-state index contributed by atoms with van der Waals surface area (Å²) >= 11 is 0. The van der Waals surface area contributed by atoms with Gasteiger partial charge in [-0.3, -0.25) is 4.99 Å². The molecule has 2 heteroatoms. The van der Waals surface area contributed by atoms with Crippen molar-refractivity contribution in [3.05, 3.63) is 23.9 Å². The quantitative estimate of drug-likeness (QED) is 0.665. The van der Waals surface area contributed by atoms with E-state index in [1.165, 1.54) is 5.57 Å². The van der Waals surface area contributed by atoms with Crippen molar-refractivity contribution in [1.82, 2.24) is 5.32 Å². The molecule has 0 aromatic carbocycles. The molecule has 0 aliphatic rings. The Morgan fingerprint density at radius 3 is 2.47 bits per heavy atom. The maximum absolute atomic E-state index is 4.24. The zero-order valence-electron chi connectivity index (χ0n) is 10.7. The lowest BCUT2D eigenvalue weighted by Crippen LogP contribution is -2.25. The molecule has 0 amide bonds. The molecule has 1 atom stereocenters. The highest BCUT2D eigenvalue weighted by Gasteiger charge is 2.02. The van der Waals surface area contributed by atoms with E-state index in [-0.39, 0.29) is 0 Å². The van der Waals surface area contributed by atoms with E-state index in [1.54, 1.807) is 0 Å². The van der Waals surface area contributed by atoms with Crippen molar-refractivity contribution in [2.24, 2.45) is 4.99 Å². The summed E-state index contributed by atoms with van der Waals surface area (Å²) in [4.78, 5) is 4.24. The molecule has 0 bridgehead atoms. The Hall–Kier alpha value is -1.05. The zero-order chi connectivity index (χ0) is 11.8. The Labute approximate surface area is 94.2 Å². The van der Waals surface area contributed by atoms with Gasteiger partial charge in [-0.25, -0.2) is 0 Å². The summed E-state index contributed by atoms with van der Waals surface area (Å²) < 4.78 is 0. The highest BCUT2D eigenvalue weighted by atomic mass is 14.9. The van der Waals surface area contributed by atoms with Gasteiger partial charge in [0.15, 0.2) is 0 Å². The minimum atomic E-state index is 0.488. The molecule has 1 unspecified atom stereocenters. The fourth-order valence-corrected chi connectivity index (χ4v) is 1.25. The van der Waals surface area contributed by atoms with Gasteiger partial charge >= 0.3 is 0 Å². The molecule has 1 N–H and O–H groups in total. The maximum atomic E-state index is 4.24. The predicted octanol–water partition coefficient (Wildman–Crippen LogP) is 3.32. The molecule has 0 radical (unpaired) electrons. The van der Waals surface area contributed by atoms with Crippen molar-refractivity contribution in [2.75, 3.05) is 7.05 Å². The minimum absolute atomic E-state index is 0.488. The first-order chi connectivity index (χ1) is 6.99. The Kier molecular flexibility index (Phi) is 6.76. The fraction of sp³-hybridized carbons (Fsp3) is 0.615. The van der Waals surface area contributed by atoms with Gasteiger partial charge in [0.05, 0.1) is 0 Å². The second-order valence-corrected chi connectivity index (χ2v) is 4.17. The molecule has 0 saturated heterocycles. The largest absolute Gasteiger partial charge is 0.386 e. The predicted molar refractivity (Wildman–Crippen MR) is 69.4 cm³/mol. The van der Waals surface area contributed by atoms with Gasteiger partial charge in [0.25, 0.3) is 0 Å². The molecule has 0 rings (SSSR count). The normalized spacial score (nSPS) is 13.3. The summed E-state index contributed by atoms with van der Waals surface area (Å²) in [7, 11) is 1.82. The van der Waals surface area contributed by atoms with Crippen LogP contribution in [0.5, 0.6) is 0 Å². The third-order valence-electron chi connectivity index (χ3n) is 2.20. The lowest BCUT2D eigenvalue weighted by Gasteiger charge is -2.15. The second-order valence-electron chi connectivity index (χ2n) is 4.17. The van der Waals surface area contributed by atoms with E-state index in [0.717, 1.165) is 24.3 Å². The smallest absolute Gasteiger partial charge is 0.0402 e. The number of nitrogens with zero attached hydrogens (tertiary/aromatic N) is 1. The van der Waals surface area contributed by atoms with Gasteiger partial charge in [-0.1, -0.05) is 19.1 Å². The standard InChI is InChI=1S/C13H24N2/c1-7-11(4)15-12(5)9-13(14-6)8-10(2)3/h8,11,15H,5,7,9H2,1-4,6H3. The van der Waals surface area contributed by atoms with Crippen molar-refractivity contribution < 1.29 is 0 Å². The average Bonchev–Trinajstić information content (AvgIpc) is 2.15. The monoisotopic (exact) mass is 208 g/mol. The fourth-order valence-electron chi connectivity index (χ4n) is 1.25. The summed E-state index contributed by atoms with van der Waals surface area (Å²) in [5.74, 6) is 0. The summed E-state index contributed by atoms with van der Waals surface area (Å²) in [6.07, 6.45) is 4.02. The van der Waals surface area contributed by atoms with Crippen molar-refractivity contribution in [2.45, 2.75) is 46.6 Å². The number of hydrogen-bond donors (Lipinski definition) is 1. The molecular weight excluding hydrogens is 184 g/mol. The lowest BCUT2D eigenvalue weighted by atomic mass is 10.1. The molecule has 15 heavy (non-hydrogen) atoms. The minimum Gasteiger partial charge on any atom is -0.386 e. The van der Waals surface area contributed by atoms with E-state index in [2.05, 4.69) is 50.7 Å². The van der Waals surface area contributed by atoms with Crippen LogP contribution in [-0.4, -0.2) is 18.8 Å². The molecule has 0 aromatic rings. The van der Waals surface area contributed by atoms with Crippen LogP contribution in [0.2, 0.25) is 0 Å². The van der Waals surface area contributed by atoms with Crippen molar-refractivity contribution in [1.29, 1.82) is 0 Å². The second kappa shape index (κ2) is 7.27. The number of aliphatic imine (C=N–C) groups is 1. The Morgan fingerprint density at radius 2 is 2.07 bits per heavy atom. The molecule has 2 nitrogen and oxygen atoms in total. The van der Waals surface area contributed by atoms with Crippen LogP contribution in [0.25, 0.3) is 0 Å². The molecule has 0 aliphatic carbocycles.